The van der Waals surface area contributed by atoms with Crippen LogP contribution in [0.1, 0.15) is 60.1 Å². The minimum absolute atomic E-state index is 0. The summed E-state index contributed by atoms with van der Waals surface area (Å²) in [6.45, 7) is 3.10. The standard InChI is InChI=1S/C36H42N10O4.ClH/c1-21-17-31(34(48)41-30-3-2-16-39-33(30)47)40-20-28(21)24-8-4-22(5-9-24)18-29(38)36(50)46(35(49)26-10-6-23(19-37)7-11-26)27-14-12-25(13-15-27)32-42-44-45-43-32;/h4-5,8-9,12-15,17,20,23,26,29-30H,2-3,6-7,10-11,16,18-19,37-38H2,1H3,(H,39,47)(H,41,48)(H,42,43,44,45);1H/t23-,26-,29-,30+;/m0./s1. The van der Waals surface area contributed by atoms with Gasteiger partial charge < -0.3 is 22.1 Å². The van der Waals surface area contributed by atoms with Gasteiger partial charge in [-0.1, -0.05) is 24.3 Å². The van der Waals surface area contributed by atoms with Crippen molar-refractivity contribution < 1.29 is 19.2 Å². The quantitative estimate of drug-likeness (QED) is 0.162. The van der Waals surface area contributed by atoms with Gasteiger partial charge in [-0.05, 0) is 122 Å². The lowest BCUT2D eigenvalue weighted by molar-refractivity contribution is -0.130. The van der Waals surface area contributed by atoms with Crippen LogP contribution in [-0.4, -0.2) is 74.4 Å². The maximum absolute atomic E-state index is 14.0. The molecule has 6 rings (SSSR count). The third-order valence-electron chi connectivity index (χ3n) is 9.69. The molecule has 1 aliphatic heterocycles. The minimum atomic E-state index is -0.976. The van der Waals surface area contributed by atoms with E-state index in [0.29, 0.717) is 55.3 Å². The predicted molar refractivity (Wildman–Crippen MR) is 193 cm³/mol. The highest BCUT2D eigenvalue weighted by Gasteiger charge is 2.35. The molecule has 14 nitrogen and oxygen atoms in total. The van der Waals surface area contributed by atoms with E-state index in [9.17, 15) is 19.2 Å². The van der Waals surface area contributed by atoms with E-state index in [-0.39, 0.29) is 42.3 Å². The number of nitrogens with one attached hydrogen (secondary N) is 3. The lowest BCUT2D eigenvalue weighted by Gasteiger charge is -2.32. The van der Waals surface area contributed by atoms with Crippen molar-refractivity contribution in [2.75, 3.05) is 18.0 Å². The number of carbonyl (C=O) groups excluding carboxylic acids is 4. The number of piperidine rings is 1. The molecule has 0 unspecified atom stereocenters. The fraction of sp³-hybridized carbons (Fsp3) is 0.389. The highest BCUT2D eigenvalue weighted by Crippen LogP contribution is 2.32. The molecular formula is C36H43ClN10O4. The van der Waals surface area contributed by atoms with Gasteiger partial charge in [-0.15, -0.1) is 17.5 Å². The van der Waals surface area contributed by atoms with Gasteiger partial charge in [0.1, 0.15) is 11.7 Å². The zero-order valence-corrected chi connectivity index (χ0v) is 29.2. The lowest BCUT2D eigenvalue weighted by Crippen LogP contribution is -2.50. The molecule has 0 bridgehead atoms. The van der Waals surface area contributed by atoms with Crippen LogP contribution in [0.2, 0.25) is 0 Å². The molecule has 1 saturated carbocycles. The Kier molecular flexibility index (Phi) is 12.2. The average molecular weight is 715 g/mol. The first kappa shape index (κ1) is 37.2. The summed E-state index contributed by atoms with van der Waals surface area (Å²) in [7, 11) is 0. The normalized spacial score (nSPS) is 19.3. The summed E-state index contributed by atoms with van der Waals surface area (Å²) in [5.74, 6) is -0.752. The summed E-state index contributed by atoms with van der Waals surface area (Å²) < 4.78 is 0. The molecule has 51 heavy (non-hydrogen) atoms. The van der Waals surface area contributed by atoms with E-state index in [1.165, 1.54) is 4.90 Å². The van der Waals surface area contributed by atoms with Crippen molar-refractivity contribution in [1.82, 2.24) is 36.2 Å². The summed E-state index contributed by atoms with van der Waals surface area (Å²) in [5, 5.41) is 19.4. The highest BCUT2D eigenvalue weighted by molar-refractivity contribution is 6.17. The Balaban J connectivity index is 0.00000504. The van der Waals surface area contributed by atoms with E-state index >= 15 is 0 Å². The molecule has 2 aliphatic rings. The zero-order chi connectivity index (χ0) is 35.2. The number of anilines is 1. The number of aryl methyl sites for hydroxylation is 1. The molecule has 2 atom stereocenters. The number of imide groups is 1. The van der Waals surface area contributed by atoms with Crippen molar-refractivity contribution in [2.24, 2.45) is 23.3 Å². The van der Waals surface area contributed by atoms with E-state index < -0.39 is 23.9 Å². The lowest BCUT2D eigenvalue weighted by atomic mass is 9.81. The predicted octanol–water partition coefficient (Wildman–Crippen LogP) is 2.86. The maximum Gasteiger partial charge on any atom is 0.270 e. The van der Waals surface area contributed by atoms with E-state index in [0.717, 1.165) is 41.5 Å². The van der Waals surface area contributed by atoms with Crippen LogP contribution in [0.5, 0.6) is 0 Å². The van der Waals surface area contributed by atoms with Crippen molar-refractivity contribution in [2.45, 2.75) is 64.0 Å². The Morgan fingerprint density at radius 1 is 1.00 bits per heavy atom. The summed E-state index contributed by atoms with van der Waals surface area (Å²) in [6, 6.07) is 14.7. The molecule has 4 amide bonds. The fourth-order valence-electron chi connectivity index (χ4n) is 6.69. The summed E-state index contributed by atoms with van der Waals surface area (Å²) in [4.78, 5) is 58.4. The van der Waals surface area contributed by atoms with E-state index in [1.807, 2.05) is 31.2 Å². The second-order valence-corrected chi connectivity index (χ2v) is 13.1. The Morgan fingerprint density at radius 2 is 1.71 bits per heavy atom. The van der Waals surface area contributed by atoms with Crippen LogP contribution in [0.4, 0.5) is 5.69 Å². The van der Waals surface area contributed by atoms with Crippen LogP contribution < -0.4 is 27.0 Å². The molecule has 268 valence electrons. The SMILES string of the molecule is Cc1cc(C(=O)N[C@@H]2CCCNC2=O)ncc1-c1ccc(C[C@H](N)C(=O)N(c2ccc(-c3nnn[nH]3)cc2)C(=O)[C@H]2CC[C@H](CN)CC2)cc1.Cl. The number of pyridine rings is 1. The summed E-state index contributed by atoms with van der Waals surface area (Å²) >= 11 is 0. The molecular weight excluding hydrogens is 672 g/mol. The molecule has 3 heterocycles. The van der Waals surface area contributed by atoms with Crippen molar-refractivity contribution in [1.29, 1.82) is 0 Å². The number of aromatic nitrogens is 5. The highest BCUT2D eigenvalue weighted by atomic mass is 35.5. The fourth-order valence-corrected chi connectivity index (χ4v) is 6.69. The molecule has 2 aromatic carbocycles. The van der Waals surface area contributed by atoms with E-state index in [1.54, 1.807) is 36.5 Å². The number of rotatable bonds is 10. The smallest absolute Gasteiger partial charge is 0.270 e. The summed E-state index contributed by atoms with van der Waals surface area (Å²) in [6.07, 6.45) is 6.28. The number of tetrazole rings is 1. The van der Waals surface area contributed by atoms with Crippen LogP contribution in [0.3, 0.4) is 0 Å². The van der Waals surface area contributed by atoms with E-state index in [2.05, 4.69) is 36.2 Å². The van der Waals surface area contributed by atoms with Gasteiger partial charge >= 0.3 is 0 Å². The number of hydrogen-bond acceptors (Lipinski definition) is 10. The third kappa shape index (κ3) is 8.64. The number of amides is 4. The second kappa shape index (κ2) is 16.8. The first-order valence-electron chi connectivity index (χ1n) is 17.0. The number of aromatic amines is 1. The van der Waals surface area contributed by atoms with Crippen molar-refractivity contribution in [3.63, 3.8) is 0 Å². The largest absolute Gasteiger partial charge is 0.354 e. The molecule has 2 fully saturated rings. The van der Waals surface area contributed by atoms with Crippen LogP contribution in [-0.2, 0) is 20.8 Å². The maximum atomic E-state index is 14.0. The van der Waals surface area contributed by atoms with Gasteiger partial charge in [-0.3, -0.25) is 24.2 Å². The number of halogens is 1. The number of H-pyrrole nitrogens is 1. The number of nitrogens with two attached hydrogens (primary N) is 2. The van der Waals surface area contributed by atoms with Crippen LogP contribution >= 0.6 is 12.4 Å². The Morgan fingerprint density at radius 3 is 2.33 bits per heavy atom. The molecule has 2 aromatic heterocycles. The number of hydrogen-bond donors (Lipinski definition) is 5. The summed E-state index contributed by atoms with van der Waals surface area (Å²) in [5.41, 5.74) is 17.2. The number of nitrogens with zero attached hydrogens (tertiary/aromatic N) is 5. The topological polar surface area (TPSA) is 215 Å². The molecule has 0 spiro atoms. The average Bonchev–Trinajstić information content (AvgIpc) is 3.69. The van der Waals surface area contributed by atoms with Crippen LogP contribution in [0.15, 0.2) is 60.8 Å². The van der Waals surface area contributed by atoms with Gasteiger partial charge in [0.2, 0.25) is 11.8 Å². The Hall–Kier alpha value is -5.05. The number of benzene rings is 2. The molecule has 7 N–H and O–H groups in total. The molecule has 0 radical (unpaired) electrons. The van der Waals surface area contributed by atoms with Crippen LogP contribution in [0, 0.1) is 18.8 Å². The van der Waals surface area contributed by atoms with Gasteiger partial charge in [-0.25, -0.2) is 10.00 Å². The van der Waals surface area contributed by atoms with Crippen molar-refractivity contribution >= 4 is 41.7 Å². The molecule has 15 heteroatoms. The third-order valence-corrected chi connectivity index (χ3v) is 9.69. The molecule has 4 aromatic rings. The second-order valence-electron chi connectivity index (χ2n) is 13.1. The minimum Gasteiger partial charge on any atom is -0.354 e. The first-order chi connectivity index (χ1) is 24.2. The van der Waals surface area contributed by atoms with Gasteiger partial charge in [0.15, 0.2) is 5.82 Å². The zero-order valence-electron chi connectivity index (χ0n) is 28.4. The van der Waals surface area contributed by atoms with Gasteiger partial charge in [0.05, 0.1) is 11.7 Å². The molecule has 1 saturated heterocycles. The first-order valence-corrected chi connectivity index (χ1v) is 17.0. The monoisotopic (exact) mass is 714 g/mol. The van der Waals surface area contributed by atoms with E-state index in [4.69, 9.17) is 11.5 Å². The molecule has 1 aliphatic carbocycles. The Labute approximate surface area is 301 Å². The van der Waals surface area contributed by atoms with Crippen molar-refractivity contribution in [3.05, 3.63) is 77.6 Å². The Bertz CT molecular complexity index is 1830. The number of carbonyl (C=O) groups is 4. The van der Waals surface area contributed by atoms with Crippen molar-refractivity contribution in [3.8, 4) is 22.5 Å². The van der Waals surface area contributed by atoms with Gasteiger partial charge in [0, 0.05) is 29.8 Å². The van der Waals surface area contributed by atoms with Gasteiger partial charge in [0.25, 0.3) is 11.8 Å². The van der Waals surface area contributed by atoms with Crippen LogP contribution in [0.25, 0.3) is 22.5 Å². The van der Waals surface area contributed by atoms with Gasteiger partial charge in [-0.2, -0.15) is 0 Å².